The van der Waals surface area contributed by atoms with Crippen molar-refractivity contribution < 1.29 is 19.1 Å². The van der Waals surface area contributed by atoms with Crippen molar-refractivity contribution in [1.29, 1.82) is 0 Å². The third-order valence-electron chi connectivity index (χ3n) is 10.5. The third-order valence-corrected chi connectivity index (χ3v) is 11.6. The van der Waals surface area contributed by atoms with Gasteiger partial charge in [-0.05, 0) is 75.1 Å². The Morgan fingerprint density at radius 2 is 1.33 bits per heavy atom. The van der Waals surface area contributed by atoms with Crippen LogP contribution in [0.3, 0.4) is 0 Å². The largest absolute Gasteiger partial charge is 0.466 e. The monoisotopic (exact) mass is 690 g/mol. The van der Waals surface area contributed by atoms with Gasteiger partial charge in [0.25, 0.3) is 0 Å². The van der Waals surface area contributed by atoms with Gasteiger partial charge in [0.15, 0.2) is 0 Å². The van der Waals surface area contributed by atoms with Gasteiger partial charge in [0.1, 0.15) is 6.61 Å². The van der Waals surface area contributed by atoms with Crippen molar-refractivity contribution in [2.45, 2.75) is 168 Å². The Balaban J connectivity index is 1.12. The topological polar surface area (TPSA) is 73.7 Å². The number of nitrogens with zero attached hydrogens (tertiary/aromatic N) is 3. The zero-order valence-electron chi connectivity index (χ0n) is 30.8. The van der Waals surface area contributed by atoms with Crippen LogP contribution < -0.4 is 0 Å². The van der Waals surface area contributed by atoms with Crippen LogP contribution in [-0.4, -0.2) is 70.7 Å². The maximum absolute atomic E-state index is 12.5. The number of unbranched alkanes of at least 4 members (excludes halogenated alkanes) is 16. The Kier molecular flexibility index (Phi) is 22.4. The molecule has 0 unspecified atom stereocenters. The minimum Gasteiger partial charge on any atom is -0.466 e. The number of carbonyl (C=O) groups excluding carboxylic acids is 2. The van der Waals surface area contributed by atoms with E-state index in [4.69, 9.17) is 9.47 Å². The highest BCUT2D eigenvalue weighted by atomic mass is 32.2. The zero-order valence-corrected chi connectivity index (χ0v) is 31.6. The van der Waals surface area contributed by atoms with Gasteiger partial charge in [-0.25, -0.2) is 4.98 Å². The van der Waals surface area contributed by atoms with Crippen molar-refractivity contribution in [3.8, 4) is 0 Å². The fraction of sp³-hybridized carbons (Fsp3) is 0.875. The van der Waals surface area contributed by atoms with Crippen molar-refractivity contribution in [1.82, 2.24) is 14.5 Å². The minimum absolute atomic E-state index is 0.0223. The Labute approximate surface area is 298 Å². The average molecular weight is 690 g/mol. The summed E-state index contributed by atoms with van der Waals surface area (Å²) in [5, 5.41) is 0. The van der Waals surface area contributed by atoms with Crippen molar-refractivity contribution in [2.24, 2.45) is 11.3 Å². The van der Waals surface area contributed by atoms with Crippen molar-refractivity contribution in [2.75, 3.05) is 44.4 Å². The van der Waals surface area contributed by atoms with Crippen LogP contribution in [-0.2, 0) is 25.6 Å². The molecular weight excluding hydrogens is 619 g/mol. The van der Waals surface area contributed by atoms with E-state index in [1.165, 1.54) is 121 Å². The summed E-state index contributed by atoms with van der Waals surface area (Å²) in [6.07, 6.45) is 35.1. The first kappa shape index (κ1) is 40.9. The van der Waals surface area contributed by atoms with Gasteiger partial charge in [-0.15, -0.1) is 0 Å². The van der Waals surface area contributed by atoms with Gasteiger partial charge in [-0.2, -0.15) is 11.8 Å². The molecule has 3 fully saturated rings. The van der Waals surface area contributed by atoms with Gasteiger partial charge in [0.2, 0.25) is 0 Å². The summed E-state index contributed by atoms with van der Waals surface area (Å²) >= 11 is 1.92. The van der Waals surface area contributed by atoms with Gasteiger partial charge in [0, 0.05) is 31.2 Å². The molecule has 1 aromatic heterocycles. The molecule has 276 valence electrons. The van der Waals surface area contributed by atoms with E-state index in [-0.39, 0.29) is 11.9 Å². The van der Waals surface area contributed by atoms with E-state index in [1.54, 1.807) is 0 Å². The minimum atomic E-state index is -0.0644. The summed E-state index contributed by atoms with van der Waals surface area (Å²) < 4.78 is 13.2. The summed E-state index contributed by atoms with van der Waals surface area (Å²) in [6, 6.07) is 0. The molecule has 0 spiro atoms. The molecule has 2 bridgehead atoms. The van der Waals surface area contributed by atoms with Crippen LogP contribution in [0.15, 0.2) is 18.7 Å². The average Bonchev–Trinajstić information content (AvgIpc) is 3.57. The number of aryl methyl sites for hydroxylation is 1. The van der Waals surface area contributed by atoms with Crippen LogP contribution in [0.2, 0.25) is 0 Å². The second-order valence-corrected chi connectivity index (χ2v) is 16.2. The zero-order chi connectivity index (χ0) is 34.0. The van der Waals surface area contributed by atoms with Crippen LogP contribution in [0.5, 0.6) is 0 Å². The van der Waals surface area contributed by atoms with Crippen LogP contribution in [0.1, 0.15) is 161 Å². The van der Waals surface area contributed by atoms with Gasteiger partial charge in [0.05, 0.1) is 25.8 Å². The van der Waals surface area contributed by atoms with Crippen molar-refractivity contribution in [3.05, 3.63) is 18.7 Å². The molecule has 0 radical (unpaired) electrons. The molecule has 0 N–H and O–H groups in total. The predicted octanol–water partition coefficient (Wildman–Crippen LogP) is 10.0. The Morgan fingerprint density at radius 3 is 1.96 bits per heavy atom. The number of carbonyl (C=O) groups is 2. The Hall–Kier alpha value is -1.54. The lowest BCUT2D eigenvalue weighted by molar-refractivity contribution is -0.164. The lowest BCUT2D eigenvalue weighted by atomic mass is 9.43. The first-order valence-electron chi connectivity index (χ1n) is 20.2. The van der Waals surface area contributed by atoms with Crippen LogP contribution in [0.25, 0.3) is 0 Å². The normalized spacial score (nSPS) is 18.1. The molecule has 3 aliphatic rings. The number of hydrogen-bond donors (Lipinski definition) is 0. The van der Waals surface area contributed by atoms with E-state index in [1.807, 2.05) is 30.5 Å². The highest BCUT2D eigenvalue weighted by Crippen LogP contribution is 2.66. The van der Waals surface area contributed by atoms with Crippen molar-refractivity contribution in [3.63, 3.8) is 0 Å². The molecule has 0 aliphatic heterocycles. The lowest BCUT2D eigenvalue weighted by Gasteiger charge is -2.61. The van der Waals surface area contributed by atoms with E-state index in [0.717, 1.165) is 63.5 Å². The van der Waals surface area contributed by atoms with E-state index in [9.17, 15) is 9.59 Å². The van der Waals surface area contributed by atoms with Gasteiger partial charge in [-0.3, -0.25) is 9.59 Å². The number of hydrogen-bond acceptors (Lipinski definition) is 7. The fourth-order valence-corrected chi connectivity index (χ4v) is 8.29. The highest BCUT2D eigenvalue weighted by Gasteiger charge is 2.57. The standard InChI is InChI=1S/C40H71N3O4S/c1-2-3-4-5-6-7-8-9-10-13-16-19-30-48-31-29-47-38(44)21-26-42(24-20-25-43-27-22-41-36-43)23-17-14-11-12-15-18-28-46-39(45)35-40-32-37(33-40)34-40/h22,27,36-37H,2-21,23-26,28-35H2,1H3. The summed E-state index contributed by atoms with van der Waals surface area (Å²) in [4.78, 5) is 31.1. The second-order valence-electron chi connectivity index (χ2n) is 15.0. The number of aromatic nitrogens is 2. The molecule has 0 atom stereocenters. The summed E-state index contributed by atoms with van der Waals surface area (Å²) in [7, 11) is 0. The maximum Gasteiger partial charge on any atom is 0.307 e. The number of esters is 2. The first-order valence-corrected chi connectivity index (χ1v) is 21.3. The molecule has 1 heterocycles. The van der Waals surface area contributed by atoms with Crippen molar-refractivity contribution >= 4 is 23.7 Å². The Morgan fingerprint density at radius 1 is 0.729 bits per heavy atom. The summed E-state index contributed by atoms with van der Waals surface area (Å²) in [5.41, 5.74) is 0.347. The number of rotatable bonds is 34. The summed E-state index contributed by atoms with van der Waals surface area (Å²) in [6.45, 7) is 7.11. The molecule has 1 aromatic rings. The molecule has 0 saturated heterocycles. The SMILES string of the molecule is CCCCCCCCCCCCCCSCCOC(=O)CCN(CCCCCCCCOC(=O)CC12CC(C1)C2)CCCn1ccnc1. The van der Waals surface area contributed by atoms with Crippen LogP contribution >= 0.6 is 11.8 Å². The molecule has 48 heavy (non-hydrogen) atoms. The number of thioether (sulfide) groups is 1. The summed E-state index contributed by atoms with van der Waals surface area (Å²) in [5.74, 6) is 2.96. The molecule has 3 saturated carbocycles. The quantitative estimate of drug-likeness (QED) is 0.0527. The lowest BCUT2D eigenvalue weighted by Crippen LogP contribution is -2.52. The Bertz CT molecular complexity index is 926. The van der Waals surface area contributed by atoms with E-state index < -0.39 is 0 Å². The number of ether oxygens (including phenoxy) is 2. The second kappa shape index (κ2) is 26.3. The molecule has 8 heteroatoms. The molecule has 4 rings (SSSR count). The molecule has 0 amide bonds. The fourth-order valence-electron chi connectivity index (χ4n) is 7.48. The van der Waals surface area contributed by atoms with Gasteiger partial charge < -0.3 is 18.9 Å². The molecular formula is C40H71N3O4S. The number of imidazole rings is 1. The van der Waals surface area contributed by atoms with E-state index in [2.05, 4.69) is 21.4 Å². The first-order chi connectivity index (χ1) is 23.6. The van der Waals surface area contributed by atoms with E-state index >= 15 is 0 Å². The van der Waals surface area contributed by atoms with Crippen LogP contribution in [0.4, 0.5) is 0 Å². The molecule has 7 nitrogen and oxygen atoms in total. The highest BCUT2D eigenvalue weighted by molar-refractivity contribution is 7.99. The van der Waals surface area contributed by atoms with E-state index in [0.29, 0.717) is 31.5 Å². The maximum atomic E-state index is 12.5. The van der Waals surface area contributed by atoms with Gasteiger partial charge in [-0.1, -0.05) is 103 Å². The van der Waals surface area contributed by atoms with Crippen LogP contribution in [0, 0.1) is 11.3 Å². The third kappa shape index (κ3) is 19.0. The predicted molar refractivity (Wildman–Crippen MR) is 200 cm³/mol. The molecule has 0 aromatic carbocycles. The van der Waals surface area contributed by atoms with Gasteiger partial charge >= 0.3 is 11.9 Å². The smallest absolute Gasteiger partial charge is 0.307 e. The molecule has 3 aliphatic carbocycles.